The second-order valence-electron chi connectivity index (χ2n) is 9.54. The van der Waals surface area contributed by atoms with Crippen LogP contribution in [0.2, 0.25) is 0 Å². The minimum atomic E-state index is -0.852. The van der Waals surface area contributed by atoms with E-state index in [2.05, 4.69) is 27.9 Å². The number of aliphatic hydroxyl groups excluding tert-OH is 1. The van der Waals surface area contributed by atoms with Gasteiger partial charge < -0.3 is 23.7 Å². The number of rotatable bonds is 6. The molecule has 0 saturated heterocycles. The van der Waals surface area contributed by atoms with Crippen LogP contribution in [0.1, 0.15) is 66.2 Å². The SMILES string of the molecule is COc1ccc(C(O)c2nc3cc(-c4c(C)noc4C)ccc3n2C2CCC(OC)CC2)cc1C. The van der Waals surface area contributed by atoms with Gasteiger partial charge in [-0.25, -0.2) is 4.98 Å². The van der Waals surface area contributed by atoms with Gasteiger partial charge in [0.25, 0.3) is 0 Å². The van der Waals surface area contributed by atoms with Gasteiger partial charge in [-0.1, -0.05) is 17.3 Å². The van der Waals surface area contributed by atoms with E-state index in [1.807, 2.05) is 39.0 Å². The van der Waals surface area contributed by atoms with E-state index in [1.165, 1.54) is 0 Å². The zero-order chi connectivity index (χ0) is 24.7. The third-order valence-corrected chi connectivity index (χ3v) is 7.36. The molecule has 2 heterocycles. The molecule has 5 rings (SSSR count). The predicted octanol–water partition coefficient (Wildman–Crippen LogP) is 5.84. The lowest BCUT2D eigenvalue weighted by Crippen LogP contribution is -2.24. The number of aliphatic hydroxyl groups is 1. The Morgan fingerprint density at radius 1 is 1.03 bits per heavy atom. The van der Waals surface area contributed by atoms with Crippen LogP contribution in [-0.2, 0) is 4.74 Å². The lowest BCUT2D eigenvalue weighted by Gasteiger charge is -2.30. The van der Waals surface area contributed by atoms with Crippen LogP contribution < -0.4 is 4.74 Å². The molecule has 4 aromatic rings. The molecule has 2 aromatic carbocycles. The third kappa shape index (κ3) is 4.23. The molecule has 0 amide bonds. The van der Waals surface area contributed by atoms with Crippen molar-refractivity contribution in [2.75, 3.05) is 14.2 Å². The summed E-state index contributed by atoms with van der Waals surface area (Å²) in [5.74, 6) is 2.26. The molecule has 184 valence electrons. The van der Waals surface area contributed by atoms with Gasteiger partial charge in [0.2, 0.25) is 0 Å². The summed E-state index contributed by atoms with van der Waals surface area (Å²) < 4.78 is 18.7. The first-order valence-corrected chi connectivity index (χ1v) is 12.2. The Labute approximate surface area is 205 Å². The Balaban J connectivity index is 1.62. The quantitative estimate of drug-likeness (QED) is 0.377. The number of ether oxygens (including phenoxy) is 2. The van der Waals surface area contributed by atoms with E-state index in [0.717, 1.165) is 76.2 Å². The van der Waals surface area contributed by atoms with Gasteiger partial charge in [0.1, 0.15) is 23.4 Å². The minimum absolute atomic E-state index is 0.250. The van der Waals surface area contributed by atoms with Gasteiger partial charge in [-0.15, -0.1) is 0 Å². The summed E-state index contributed by atoms with van der Waals surface area (Å²) in [5, 5.41) is 15.7. The summed E-state index contributed by atoms with van der Waals surface area (Å²) in [4.78, 5) is 5.00. The Bertz CT molecular complexity index is 1330. The molecule has 0 radical (unpaired) electrons. The van der Waals surface area contributed by atoms with Crippen LogP contribution in [0.25, 0.3) is 22.2 Å². The molecular weight excluding hydrogens is 442 g/mol. The molecule has 1 aliphatic rings. The predicted molar refractivity (Wildman–Crippen MR) is 135 cm³/mol. The summed E-state index contributed by atoms with van der Waals surface area (Å²) in [5.41, 5.74) is 6.53. The second-order valence-corrected chi connectivity index (χ2v) is 9.54. The van der Waals surface area contributed by atoms with Crippen molar-refractivity contribution >= 4 is 11.0 Å². The molecule has 0 aliphatic heterocycles. The monoisotopic (exact) mass is 475 g/mol. The molecular formula is C28H33N3O4. The van der Waals surface area contributed by atoms with Crippen LogP contribution in [0.4, 0.5) is 0 Å². The van der Waals surface area contributed by atoms with Crippen LogP contribution in [-0.4, -0.2) is 40.1 Å². The first kappa shape index (κ1) is 23.6. The van der Waals surface area contributed by atoms with Crippen molar-refractivity contribution in [1.29, 1.82) is 0 Å². The van der Waals surface area contributed by atoms with Crippen LogP contribution in [0.5, 0.6) is 5.75 Å². The van der Waals surface area contributed by atoms with Crippen molar-refractivity contribution < 1.29 is 19.1 Å². The van der Waals surface area contributed by atoms with Crippen molar-refractivity contribution in [3.05, 3.63) is 64.8 Å². The molecule has 7 heteroatoms. The zero-order valence-electron chi connectivity index (χ0n) is 21.0. The van der Waals surface area contributed by atoms with Crippen LogP contribution >= 0.6 is 0 Å². The van der Waals surface area contributed by atoms with Crippen molar-refractivity contribution in [2.45, 2.75) is 64.7 Å². The largest absolute Gasteiger partial charge is 0.496 e. The molecule has 1 N–H and O–H groups in total. The first-order chi connectivity index (χ1) is 16.9. The number of hydrogen-bond acceptors (Lipinski definition) is 6. The number of aryl methyl sites for hydroxylation is 3. The third-order valence-electron chi connectivity index (χ3n) is 7.36. The summed E-state index contributed by atoms with van der Waals surface area (Å²) in [6, 6.07) is 12.3. The van der Waals surface area contributed by atoms with Crippen molar-refractivity contribution in [3.63, 3.8) is 0 Å². The highest BCUT2D eigenvalue weighted by Gasteiger charge is 2.29. The maximum Gasteiger partial charge on any atom is 0.143 e. The number of fused-ring (bicyclic) bond motifs is 1. The summed E-state index contributed by atoms with van der Waals surface area (Å²) >= 11 is 0. The first-order valence-electron chi connectivity index (χ1n) is 12.2. The highest BCUT2D eigenvalue weighted by molar-refractivity contribution is 5.84. The lowest BCUT2D eigenvalue weighted by molar-refractivity contribution is 0.0576. The van der Waals surface area contributed by atoms with Gasteiger partial charge in [-0.2, -0.15) is 0 Å². The lowest BCUT2D eigenvalue weighted by atomic mass is 9.92. The van der Waals surface area contributed by atoms with Crippen LogP contribution in [0.15, 0.2) is 40.9 Å². The molecule has 1 fully saturated rings. The standard InChI is InChI=1S/C28H33N3O4/c1-16-14-20(7-13-25(16)34-5)27(32)28-29-23-15-19(26-17(2)30-35-18(26)3)6-12-24(23)31(28)21-8-10-22(33-4)11-9-21/h6-7,12-15,21-22,27,32H,8-11H2,1-5H3. The maximum absolute atomic E-state index is 11.6. The Hall–Kier alpha value is -3.16. The minimum Gasteiger partial charge on any atom is -0.496 e. The van der Waals surface area contributed by atoms with E-state index >= 15 is 0 Å². The fraction of sp³-hybridized carbons (Fsp3) is 0.429. The van der Waals surface area contributed by atoms with Crippen LogP contribution in [0.3, 0.4) is 0 Å². The number of methoxy groups -OCH3 is 2. The molecule has 35 heavy (non-hydrogen) atoms. The molecule has 0 bridgehead atoms. The highest BCUT2D eigenvalue weighted by atomic mass is 16.5. The highest BCUT2D eigenvalue weighted by Crippen LogP contribution is 2.38. The van der Waals surface area contributed by atoms with Crippen molar-refractivity contribution in [3.8, 4) is 16.9 Å². The molecule has 2 aromatic heterocycles. The van der Waals surface area contributed by atoms with E-state index < -0.39 is 6.10 Å². The van der Waals surface area contributed by atoms with Gasteiger partial charge in [0.15, 0.2) is 0 Å². The molecule has 1 atom stereocenters. The molecule has 1 aliphatic carbocycles. The summed E-state index contributed by atoms with van der Waals surface area (Å²) in [6.07, 6.45) is 3.40. The van der Waals surface area contributed by atoms with Gasteiger partial charge in [-0.3, -0.25) is 0 Å². The maximum atomic E-state index is 11.6. The summed E-state index contributed by atoms with van der Waals surface area (Å²) in [7, 11) is 3.44. The number of hydrogen-bond donors (Lipinski definition) is 1. The second kappa shape index (κ2) is 9.47. The Kier molecular flexibility index (Phi) is 6.38. The van der Waals surface area contributed by atoms with Crippen molar-refractivity contribution in [1.82, 2.24) is 14.7 Å². The van der Waals surface area contributed by atoms with Crippen LogP contribution in [0, 0.1) is 20.8 Å². The normalized spacial score (nSPS) is 19.3. The number of benzene rings is 2. The topological polar surface area (TPSA) is 82.5 Å². The van der Waals surface area contributed by atoms with E-state index in [0.29, 0.717) is 11.9 Å². The number of nitrogens with zero attached hydrogens (tertiary/aromatic N) is 3. The smallest absolute Gasteiger partial charge is 0.143 e. The number of imidazole rings is 1. The van der Waals surface area contributed by atoms with E-state index in [4.69, 9.17) is 19.0 Å². The zero-order valence-corrected chi connectivity index (χ0v) is 21.0. The van der Waals surface area contributed by atoms with Gasteiger partial charge in [0.05, 0.1) is 29.9 Å². The van der Waals surface area contributed by atoms with E-state index in [1.54, 1.807) is 14.2 Å². The van der Waals surface area contributed by atoms with Gasteiger partial charge in [0, 0.05) is 18.7 Å². The van der Waals surface area contributed by atoms with Gasteiger partial charge in [-0.05, 0) is 87.4 Å². The molecule has 1 unspecified atom stereocenters. The van der Waals surface area contributed by atoms with E-state index in [9.17, 15) is 5.11 Å². The molecule has 7 nitrogen and oxygen atoms in total. The van der Waals surface area contributed by atoms with Crippen molar-refractivity contribution in [2.24, 2.45) is 0 Å². The molecule has 0 spiro atoms. The van der Waals surface area contributed by atoms with E-state index in [-0.39, 0.29) is 6.04 Å². The average Bonchev–Trinajstić information content (AvgIpc) is 3.42. The number of aromatic nitrogens is 3. The Morgan fingerprint density at radius 2 is 1.80 bits per heavy atom. The molecule has 1 saturated carbocycles. The summed E-state index contributed by atoms with van der Waals surface area (Å²) in [6.45, 7) is 5.86. The average molecular weight is 476 g/mol. The van der Waals surface area contributed by atoms with Gasteiger partial charge >= 0.3 is 0 Å². The Morgan fingerprint density at radius 3 is 2.43 bits per heavy atom. The fourth-order valence-corrected chi connectivity index (χ4v) is 5.50. The fourth-order valence-electron chi connectivity index (χ4n) is 5.50.